The molecule has 0 aliphatic carbocycles. The molecule has 0 amide bonds. The zero-order valence-corrected chi connectivity index (χ0v) is 13.2. The number of benzene rings is 2. The van der Waals surface area contributed by atoms with Crippen molar-refractivity contribution in [2.45, 2.75) is 6.42 Å². The maximum atomic E-state index is 11.4. The molecule has 2 aromatic carbocycles. The van der Waals surface area contributed by atoms with Crippen LogP contribution in [0.25, 0.3) is 0 Å². The largest absolute Gasteiger partial charge is 2.00 e. The van der Waals surface area contributed by atoms with Gasteiger partial charge in [-0.05, 0) is 17.5 Å². The van der Waals surface area contributed by atoms with E-state index in [1.165, 1.54) is 12.1 Å². The van der Waals surface area contributed by atoms with Crippen molar-refractivity contribution in [2.75, 3.05) is 13.1 Å². The van der Waals surface area contributed by atoms with Gasteiger partial charge in [-0.15, -0.1) is 11.5 Å². The smallest absolute Gasteiger partial charge is 0.872 e. The monoisotopic (exact) mass is 335 g/mol. The van der Waals surface area contributed by atoms with E-state index in [0.29, 0.717) is 24.2 Å². The van der Waals surface area contributed by atoms with Crippen LogP contribution in [-0.2, 0) is 17.1 Å². The summed E-state index contributed by atoms with van der Waals surface area (Å²) in [5.74, 6) is -0.0438. The second kappa shape index (κ2) is 9.77. The molecule has 0 unspecified atom stereocenters. The van der Waals surface area contributed by atoms with E-state index in [0.717, 1.165) is 6.42 Å². The molecule has 5 heteroatoms. The molecule has 2 rings (SSSR count). The molecule has 0 spiro atoms. The van der Waals surface area contributed by atoms with E-state index in [9.17, 15) is 10.2 Å². The first-order chi connectivity index (χ1) is 10.3. The molecular weight excluding hydrogens is 319 g/mol. The Balaban J connectivity index is 0.00000242. The van der Waals surface area contributed by atoms with Crippen molar-refractivity contribution < 1.29 is 27.3 Å². The van der Waals surface area contributed by atoms with Crippen LogP contribution in [0.15, 0.2) is 58.5 Å². The Bertz CT molecular complexity index is 587. The van der Waals surface area contributed by atoms with E-state index in [2.05, 4.69) is 9.98 Å². The summed E-state index contributed by atoms with van der Waals surface area (Å²) in [6, 6.07) is 13.6. The van der Waals surface area contributed by atoms with Crippen molar-refractivity contribution in [1.82, 2.24) is 0 Å². The first-order valence-electron chi connectivity index (χ1n) is 6.79. The second-order valence-corrected chi connectivity index (χ2v) is 4.50. The molecule has 0 atom stereocenters. The summed E-state index contributed by atoms with van der Waals surface area (Å²) in [5, 5.41) is 22.9. The SMILES string of the molecule is [Mn+2].[O-]c1ccccc1C=NCCCN=Cc1ccccc1[O-]. The molecule has 0 saturated carbocycles. The maximum absolute atomic E-state index is 11.4. The summed E-state index contributed by atoms with van der Waals surface area (Å²) in [5.41, 5.74) is 1.20. The van der Waals surface area contributed by atoms with Gasteiger partial charge in [0.2, 0.25) is 0 Å². The van der Waals surface area contributed by atoms with Crippen LogP contribution in [0.2, 0.25) is 0 Å². The van der Waals surface area contributed by atoms with Crippen LogP contribution in [-0.4, -0.2) is 25.5 Å². The number of para-hydroxylation sites is 2. The number of aliphatic imine (C=N–C) groups is 2. The molecule has 4 nitrogen and oxygen atoms in total. The summed E-state index contributed by atoms with van der Waals surface area (Å²) in [7, 11) is 0. The van der Waals surface area contributed by atoms with Crippen LogP contribution in [0.4, 0.5) is 0 Å². The number of hydrogen-bond donors (Lipinski definition) is 0. The fourth-order valence-corrected chi connectivity index (χ4v) is 1.75. The Morgan fingerprint density at radius 2 is 1.14 bits per heavy atom. The minimum Gasteiger partial charge on any atom is -0.872 e. The molecule has 0 aliphatic heterocycles. The van der Waals surface area contributed by atoms with Gasteiger partial charge in [-0.25, -0.2) is 0 Å². The van der Waals surface area contributed by atoms with E-state index in [1.54, 1.807) is 36.7 Å². The Morgan fingerprint density at radius 1 is 0.727 bits per heavy atom. The average molecular weight is 335 g/mol. The van der Waals surface area contributed by atoms with Crippen molar-refractivity contribution in [3.05, 3.63) is 59.7 Å². The van der Waals surface area contributed by atoms with Crippen LogP contribution in [0.1, 0.15) is 17.5 Å². The van der Waals surface area contributed by atoms with Crippen molar-refractivity contribution in [1.29, 1.82) is 0 Å². The first kappa shape index (κ1) is 17.9. The average Bonchev–Trinajstić information content (AvgIpc) is 2.50. The number of hydrogen-bond acceptors (Lipinski definition) is 4. The van der Waals surface area contributed by atoms with E-state index < -0.39 is 0 Å². The zero-order chi connectivity index (χ0) is 14.9. The summed E-state index contributed by atoms with van der Waals surface area (Å²) in [6.45, 7) is 1.20. The van der Waals surface area contributed by atoms with Gasteiger partial charge in [0.15, 0.2) is 0 Å². The van der Waals surface area contributed by atoms with Crippen LogP contribution in [0, 0.1) is 0 Å². The van der Waals surface area contributed by atoms with Crippen LogP contribution in [0.5, 0.6) is 11.5 Å². The summed E-state index contributed by atoms with van der Waals surface area (Å²) in [6.07, 6.45) is 3.97. The summed E-state index contributed by atoms with van der Waals surface area (Å²) < 4.78 is 0. The van der Waals surface area contributed by atoms with Crippen molar-refractivity contribution in [2.24, 2.45) is 9.98 Å². The molecule has 0 aromatic heterocycles. The fourth-order valence-electron chi connectivity index (χ4n) is 1.75. The molecule has 113 valence electrons. The third kappa shape index (κ3) is 5.72. The number of nitrogens with zero attached hydrogens (tertiary/aromatic N) is 2. The van der Waals surface area contributed by atoms with Gasteiger partial charge in [-0.2, -0.15) is 0 Å². The van der Waals surface area contributed by atoms with Gasteiger partial charge < -0.3 is 10.2 Å². The Labute approximate surface area is 140 Å². The molecule has 1 radical (unpaired) electrons. The van der Waals surface area contributed by atoms with Crippen LogP contribution >= 0.6 is 0 Å². The molecule has 0 heterocycles. The van der Waals surface area contributed by atoms with Crippen molar-refractivity contribution >= 4 is 12.4 Å². The Hall–Kier alpha value is -2.10. The van der Waals surface area contributed by atoms with Gasteiger partial charge in [0, 0.05) is 25.5 Å². The molecule has 0 fully saturated rings. The van der Waals surface area contributed by atoms with E-state index in [1.807, 2.05) is 12.1 Å². The first-order valence-corrected chi connectivity index (χ1v) is 6.79. The Morgan fingerprint density at radius 3 is 1.55 bits per heavy atom. The third-order valence-corrected chi connectivity index (χ3v) is 2.87. The quantitative estimate of drug-likeness (QED) is 0.458. The molecule has 0 saturated heterocycles. The second-order valence-electron chi connectivity index (χ2n) is 4.50. The topological polar surface area (TPSA) is 70.8 Å². The molecule has 0 N–H and O–H groups in total. The van der Waals surface area contributed by atoms with E-state index >= 15 is 0 Å². The van der Waals surface area contributed by atoms with Crippen molar-refractivity contribution in [3.63, 3.8) is 0 Å². The minimum absolute atomic E-state index is 0. The van der Waals surface area contributed by atoms with Gasteiger partial charge in [0.05, 0.1) is 0 Å². The summed E-state index contributed by atoms with van der Waals surface area (Å²) >= 11 is 0. The van der Waals surface area contributed by atoms with Gasteiger partial charge in [-0.1, -0.05) is 48.5 Å². The molecule has 0 bridgehead atoms. The minimum atomic E-state index is -0.0219. The molecule has 0 aliphatic rings. The van der Waals surface area contributed by atoms with E-state index in [4.69, 9.17) is 0 Å². The fraction of sp³-hybridized carbons (Fsp3) is 0.176. The molecular formula is C17H16MnN2O2. The third-order valence-electron chi connectivity index (χ3n) is 2.87. The van der Waals surface area contributed by atoms with Crippen molar-refractivity contribution in [3.8, 4) is 11.5 Å². The normalized spacial score (nSPS) is 10.9. The maximum Gasteiger partial charge on any atom is 2.00 e. The van der Waals surface area contributed by atoms with E-state index in [-0.39, 0.29) is 28.6 Å². The molecule has 2 aromatic rings. The predicted octanol–water partition coefficient (Wildman–Crippen LogP) is 1.76. The molecule has 22 heavy (non-hydrogen) atoms. The summed E-state index contributed by atoms with van der Waals surface area (Å²) in [4.78, 5) is 8.41. The zero-order valence-electron chi connectivity index (χ0n) is 12.0. The van der Waals surface area contributed by atoms with Gasteiger partial charge in [0.1, 0.15) is 0 Å². The van der Waals surface area contributed by atoms with Gasteiger partial charge in [-0.3, -0.25) is 9.98 Å². The Kier molecular flexibility index (Phi) is 7.97. The van der Waals surface area contributed by atoms with Gasteiger partial charge >= 0.3 is 17.1 Å². The van der Waals surface area contributed by atoms with Crippen LogP contribution < -0.4 is 10.2 Å². The number of rotatable bonds is 6. The standard InChI is InChI=1S/C17H18N2O2.Mn/c20-16-8-3-1-6-14(16)12-18-10-5-11-19-13-15-7-2-4-9-17(15)21;/h1-4,6-9,12-13,20-21H,5,10-11H2;/q;+2/p-2. The predicted molar refractivity (Wildman–Crippen MR) is 81.3 cm³/mol. The van der Waals surface area contributed by atoms with Crippen LogP contribution in [0.3, 0.4) is 0 Å². The van der Waals surface area contributed by atoms with Gasteiger partial charge in [0.25, 0.3) is 0 Å².